The third kappa shape index (κ3) is 4.15. The second-order valence-electron chi connectivity index (χ2n) is 10.5. The van der Waals surface area contributed by atoms with Crippen LogP contribution in [0.4, 0.5) is 5.82 Å². The van der Waals surface area contributed by atoms with Crippen LogP contribution in [-0.4, -0.2) is 82.1 Å². The Labute approximate surface area is 238 Å². The highest BCUT2D eigenvalue weighted by molar-refractivity contribution is 7.91. The molecule has 2 fully saturated rings. The van der Waals surface area contributed by atoms with E-state index in [4.69, 9.17) is 14.8 Å². The van der Waals surface area contributed by atoms with Crippen LogP contribution in [0.1, 0.15) is 52.0 Å². The number of hydrogen-bond donors (Lipinski definition) is 2. The second kappa shape index (κ2) is 9.19. The highest BCUT2D eigenvalue weighted by atomic mass is 32.2. The van der Waals surface area contributed by atoms with Crippen LogP contribution in [-0.2, 0) is 16.8 Å². The number of nitrogen functional groups attached to an aromatic ring is 1. The van der Waals surface area contributed by atoms with Crippen molar-refractivity contribution in [3.05, 3.63) is 54.6 Å². The number of aryl methyl sites for hydroxylation is 1. The third-order valence-corrected chi connectivity index (χ3v) is 9.09. The molecule has 210 valence electrons. The van der Waals surface area contributed by atoms with Crippen LogP contribution in [0.15, 0.2) is 48.0 Å². The first kappa shape index (κ1) is 22.1. The van der Waals surface area contributed by atoms with Gasteiger partial charge in [-0.2, -0.15) is 19.8 Å². The number of rotatable bonds is 5. The summed E-state index contributed by atoms with van der Waals surface area (Å²) in [5.41, 5.74) is 9.34. The standard InChI is InChI=1S/C26H27N11O3S/c1-35-8-7-20(34-35)19-6-3-14(11-28-19)18-12-31-37-23(27)22(41(2,39)40)21(32-25(18)37)15-9-16-4-5-17(10-15)36(16)26(38)24-29-13-30-33-24/h3,6-8,11-13,15-17H,4-5,9-10,27H2,1-2H3,(H,29,30,33)/t15?,16-,17+/i1D3. The molecular formula is C26H27N11O3S. The number of pyridine rings is 1. The highest BCUT2D eigenvalue weighted by Crippen LogP contribution is 2.45. The van der Waals surface area contributed by atoms with E-state index < -0.39 is 16.8 Å². The molecule has 2 bridgehead atoms. The topological polar surface area (TPSA) is 183 Å². The Balaban J connectivity index is 1.26. The number of sulfone groups is 1. The number of fused-ring (bicyclic) bond motifs is 3. The number of aromatic amines is 1. The zero-order valence-electron chi connectivity index (χ0n) is 24.8. The number of piperidine rings is 1. The number of hydrogen-bond acceptors (Lipinski definition) is 10. The van der Waals surface area contributed by atoms with Crippen molar-refractivity contribution < 1.29 is 17.3 Å². The van der Waals surface area contributed by atoms with E-state index in [1.54, 1.807) is 30.6 Å². The Morgan fingerprint density at radius 1 is 1.12 bits per heavy atom. The van der Waals surface area contributed by atoms with E-state index in [0.717, 1.165) is 23.8 Å². The molecule has 3 atom stereocenters. The van der Waals surface area contributed by atoms with Gasteiger partial charge in [-0.05, 0) is 37.8 Å². The predicted molar refractivity (Wildman–Crippen MR) is 147 cm³/mol. The summed E-state index contributed by atoms with van der Waals surface area (Å²) in [6.45, 7) is -2.40. The number of amides is 1. The van der Waals surface area contributed by atoms with Gasteiger partial charge in [-0.25, -0.2) is 18.4 Å². The van der Waals surface area contributed by atoms with E-state index in [2.05, 4.69) is 30.4 Å². The Hall–Kier alpha value is -4.66. The molecule has 2 saturated heterocycles. The number of carbonyl (C=O) groups excluding carboxylic acids is 1. The maximum absolute atomic E-state index is 13.2. The SMILES string of the molecule is [2H]C([2H])([2H])n1ccc(-c2ccc(-c3cnn4c(N)c(S(C)(=O)=O)c(C5C[C@H]6CC[C@@H](C5)N6C(=O)c5ncn[nH]5)nc34)cn2)n1. The van der Waals surface area contributed by atoms with Crippen LogP contribution in [0, 0.1) is 0 Å². The Bertz CT molecular complexity index is 1990. The van der Waals surface area contributed by atoms with Gasteiger partial charge in [-0.3, -0.25) is 19.6 Å². The van der Waals surface area contributed by atoms with Crippen molar-refractivity contribution in [1.82, 2.24) is 49.4 Å². The van der Waals surface area contributed by atoms with E-state index in [1.165, 1.54) is 17.0 Å². The molecule has 1 unspecified atom stereocenters. The average molecular weight is 577 g/mol. The zero-order valence-corrected chi connectivity index (χ0v) is 22.7. The van der Waals surface area contributed by atoms with Crippen molar-refractivity contribution in [2.24, 2.45) is 6.98 Å². The molecule has 2 aliphatic heterocycles. The average Bonchev–Trinajstić information content (AvgIpc) is 3.78. The highest BCUT2D eigenvalue weighted by Gasteiger charge is 2.46. The minimum absolute atomic E-state index is 0.0361. The maximum atomic E-state index is 13.2. The third-order valence-electron chi connectivity index (χ3n) is 7.93. The van der Waals surface area contributed by atoms with Crippen LogP contribution in [0.2, 0.25) is 0 Å². The van der Waals surface area contributed by atoms with Crippen LogP contribution in [0.5, 0.6) is 0 Å². The summed E-state index contributed by atoms with van der Waals surface area (Å²) in [4.78, 5) is 28.3. The summed E-state index contributed by atoms with van der Waals surface area (Å²) in [6.07, 6.45) is 9.52. The normalized spacial score (nSPS) is 22.0. The molecule has 7 heterocycles. The number of nitrogens with one attached hydrogen (secondary N) is 1. The van der Waals surface area contributed by atoms with E-state index in [9.17, 15) is 13.2 Å². The summed E-state index contributed by atoms with van der Waals surface area (Å²) in [6, 6.07) is 4.83. The molecule has 5 aromatic heterocycles. The summed E-state index contributed by atoms with van der Waals surface area (Å²) >= 11 is 0. The minimum atomic E-state index is -3.80. The number of aromatic nitrogens is 9. The van der Waals surface area contributed by atoms with Gasteiger partial charge >= 0.3 is 0 Å². The van der Waals surface area contributed by atoms with Crippen molar-refractivity contribution in [2.45, 2.75) is 48.6 Å². The molecule has 41 heavy (non-hydrogen) atoms. The monoisotopic (exact) mass is 576 g/mol. The van der Waals surface area contributed by atoms with E-state index in [-0.39, 0.29) is 40.4 Å². The van der Waals surface area contributed by atoms with Crippen LogP contribution in [0.25, 0.3) is 28.2 Å². The van der Waals surface area contributed by atoms with E-state index in [1.807, 2.05) is 4.90 Å². The second-order valence-corrected chi connectivity index (χ2v) is 12.4. The molecule has 0 aliphatic carbocycles. The number of nitrogens with two attached hydrogens (primary N) is 1. The fourth-order valence-electron chi connectivity index (χ4n) is 6.21. The van der Waals surface area contributed by atoms with Gasteiger partial charge in [0.25, 0.3) is 5.91 Å². The van der Waals surface area contributed by atoms with Gasteiger partial charge in [0, 0.05) is 58.9 Å². The van der Waals surface area contributed by atoms with Gasteiger partial charge in [-0.1, -0.05) is 6.07 Å². The molecule has 2 aliphatic rings. The first-order valence-corrected chi connectivity index (χ1v) is 14.9. The zero-order chi connectivity index (χ0) is 31.0. The molecular weight excluding hydrogens is 546 g/mol. The molecule has 14 nitrogen and oxygen atoms in total. The molecule has 7 rings (SSSR count). The molecule has 0 aromatic carbocycles. The summed E-state index contributed by atoms with van der Waals surface area (Å²) in [5.74, 6) is -0.347. The van der Waals surface area contributed by atoms with Crippen LogP contribution < -0.4 is 5.73 Å². The lowest BCUT2D eigenvalue weighted by atomic mass is 9.87. The smallest absolute Gasteiger partial charge is 0.291 e. The molecule has 0 saturated carbocycles. The van der Waals surface area contributed by atoms with Gasteiger partial charge in [0.2, 0.25) is 5.82 Å². The van der Waals surface area contributed by atoms with Gasteiger partial charge < -0.3 is 10.6 Å². The van der Waals surface area contributed by atoms with Crippen molar-refractivity contribution in [2.75, 3.05) is 12.0 Å². The number of carbonyl (C=O) groups is 1. The van der Waals surface area contributed by atoms with Gasteiger partial charge in [-0.15, -0.1) is 0 Å². The van der Waals surface area contributed by atoms with Crippen molar-refractivity contribution >= 4 is 27.2 Å². The summed E-state index contributed by atoms with van der Waals surface area (Å²) in [7, 11) is -3.80. The van der Waals surface area contributed by atoms with Crippen molar-refractivity contribution in [1.29, 1.82) is 0 Å². The first-order chi connectivity index (χ1) is 20.9. The lowest BCUT2D eigenvalue weighted by molar-refractivity contribution is 0.0556. The number of H-pyrrole nitrogens is 1. The maximum Gasteiger partial charge on any atom is 0.291 e. The minimum Gasteiger partial charge on any atom is -0.382 e. The fourth-order valence-corrected chi connectivity index (χ4v) is 7.26. The van der Waals surface area contributed by atoms with Crippen molar-refractivity contribution in [3.63, 3.8) is 0 Å². The quantitative estimate of drug-likeness (QED) is 0.313. The van der Waals surface area contributed by atoms with Crippen LogP contribution in [0.3, 0.4) is 0 Å². The number of nitrogens with zero attached hydrogens (tertiary/aromatic N) is 9. The lowest BCUT2D eigenvalue weighted by Crippen LogP contribution is -2.46. The summed E-state index contributed by atoms with van der Waals surface area (Å²) < 4.78 is 51.0. The Kier molecular flexibility index (Phi) is 4.95. The van der Waals surface area contributed by atoms with Gasteiger partial charge in [0.15, 0.2) is 15.5 Å². The van der Waals surface area contributed by atoms with E-state index >= 15 is 0 Å². The van der Waals surface area contributed by atoms with Gasteiger partial charge in [0.05, 0.1) is 17.6 Å². The largest absolute Gasteiger partial charge is 0.382 e. The Morgan fingerprint density at radius 3 is 2.56 bits per heavy atom. The van der Waals surface area contributed by atoms with Gasteiger partial charge in [0.1, 0.15) is 22.7 Å². The Morgan fingerprint density at radius 2 is 1.93 bits per heavy atom. The summed E-state index contributed by atoms with van der Waals surface area (Å²) in [5, 5.41) is 14.9. The fraction of sp³-hybridized carbons (Fsp3) is 0.346. The molecule has 1 amide bonds. The predicted octanol–water partition coefficient (Wildman–Crippen LogP) is 1.85. The molecule has 3 N–H and O–H groups in total. The molecule has 15 heteroatoms. The van der Waals surface area contributed by atoms with E-state index in [0.29, 0.717) is 46.7 Å². The number of anilines is 1. The molecule has 0 radical (unpaired) electrons. The first-order valence-electron chi connectivity index (χ1n) is 14.5. The van der Waals surface area contributed by atoms with Crippen LogP contribution >= 0.6 is 0 Å². The van der Waals surface area contributed by atoms with Crippen molar-refractivity contribution in [3.8, 4) is 22.5 Å². The lowest BCUT2D eigenvalue weighted by Gasteiger charge is -2.38. The molecule has 5 aromatic rings. The molecule has 0 spiro atoms.